The molecule has 7 heteroatoms. The maximum absolute atomic E-state index is 13.2. The quantitative estimate of drug-likeness (QED) is 0.430. The van der Waals surface area contributed by atoms with Crippen LogP contribution in [0.3, 0.4) is 0 Å². The molecule has 5 nitrogen and oxygen atoms in total. The van der Waals surface area contributed by atoms with Gasteiger partial charge in [0.05, 0.1) is 25.0 Å². The number of halogens is 2. The van der Waals surface area contributed by atoms with E-state index in [4.69, 9.17) is 21.2 Å². The monoisotopic (exact) mass is 432 g/mol. The zero-order chi connectivity index (χ0) is 21.3. The zero-order valence-corrected chi connectivity index (χ0v) is 17.5. The fourth-order valence-corrected chi connectivity index (χ4v) is 3.53. The third-order valence-electron chi connectivity index (χ3n) is 4.74. The summed E-state index contributed by atoms with van der Waals surface area (Å²) in [6, 6.07) is 13.8. The molecule has 1 N–H and O–H groups in total. The lowest BCUT2D eigenvalue weighted by Gasteiger charge is -2.27. The third-order valence-corrected chi connectivity index (χ3v) is 5.11. The van der Waals surface area contributed by atoms with Gasteiger partial charge in [0, 0.05) is 31.1 Å². The summed E-state index contributed by atoms with van der Waals surface area (Å²) in [5.41, 5.74) is 2.60. The highest BCUT2D eigenvalue weighted by Crippen LogP contribution is 2.21. The number of hydrogen-bond acceptors (Lipinski definition) is 5. The Morgan fingerprint density at radius 3 is 2.80 bits per heavy atom. The Balaban J connectivity index is 1.62. The molecule has 0 saturated heterocycles. The van der Waals surface area contributed by atoms with Gasteiger partial charge in [-0.1, -0.05) is 53.2 Å². The molecule has 160 valence electrons. The number of aliphatic hydroxyl groups excluding tert-OH is 1. The van der Waals surface area contributed by atoms with Crippen molar-refractivity contribution in [3.05, 3.63) is 83.2 Å². The van der Waals surface area contributed by atoms with E-state index in [0.29, 0.717) is 37.7 Å². The van der Waals surface area contributed by atoms with Crippen LogP contribution in [-0.4, -0.2) is 54.2 Å². The number of nitrogens with zero attached hydrogens (tertiary/aromatic N) is 2. The first-order valence-electron chi connectivity index (χ1n) is 9.86. The molecule has 0 aliphatic carbocycles. The molecule has 2 atom stereocenters. The standard InChI is InChI=1S/C23H26ClFN2O3/c1-2-11-29-16-20(28)14-27(13-18-5-3-4-6-22(18)24)15-21-12-23(26-30-21)17-7-9-19(25)10-8-17/h2-10,20-21,28H,1,11-16H2. The predicted molar refractivity (Wildman–Crippen MR) is 116 cm³/mol. The van der Waals surface area contributed by atoms with Crippen LogP contribution >= 0.6 is 11.6 Å². The number of ether oxygens (including phenoxy) is 1. The van der Waals surface area contributed by atoms with Crippen LogP contribution in [0.5, 0.6) is 0 Å². The fraction of sp³-hybridized carbons (Fsp3) is 0.348. The van der Waals surface area contributed by atoms with Crippen molar-refractivity contribution in [1.29, 1.82) is 0 Å². The summed E-state index contributed by atoms with van der Waals surface area (Å²) >= 11 is 6.33. The van der Waals surface area contributed by atoms with Crippen LogP contribution in [0, 0.1) is 5.82 Å². The zero-order valence-electron chi connectivity index (χ0n) is 16.7. The molecule has 3 rings (SSSR count). The topological polar surface area (TPSA) is 54.3 Å². The fourth-order valence-electron chi connectivity index (χ4n) is 3.34. The van der Waals surface area contributed by atoms with Crippen LogP contribution in [0.15, 0.2) is 66.3 Å². The summed E-state index contributed by atoms with van der Waals surface area (Å²) in [7, 11) is 0. The molecule has 0 amide bonds. The van der Waals surface area contributed by atoms with E-state index < -0.39 is 6.10 Å². The maximum Gasteiger partial charge on any atom is 0.145 e. The molecule has 2 aromatic carbocycles. The molecule has 1 heterocycles. The summed E-state index contributed by atoms with van der Waals surface area (Å²) < 4.78 is 18.5. The lowest BCUT2D eigenvalue weighted by atomic mass is 10.0. The maximum atomic E-state index is 13.2. The summed E-state index contributed by atoms with van der Waals surface area (Å²) in [6.45, 7) is 5.72. The lowest BCUT2D eigenvalue weighted by Crippen LogP contribution is -2.39. The lowest BCUT2D eigenvalue weighted by molar-refractivity contribution is 0.00337. The predicted octanol–water partition coefficient (Wildman–Crippen LogP) is 4.04. The van der Waals surface area contributed by atoms with Crippen LogP contribution in [0.25, 0.3) is 0 Å². The van der Waals surface area contributed by atoms with Crippen LogP contribution in [0.2, 0.25) is 5.02 Å². The van der Waals surface area contributed by atoms with E-state index in [9.17, 15) is 9.50 Å². The summed E-state index contributed by atoms with van der Waals surface area (Å²) in [4.78, 5) is 7.70. The molecular weight excluding hydrogens is 407 g/mol. The Hall–Kier alpha value is -2.25. The van der Waals surface area contributed by atoms with Gasteiger partial charge in [-0.2, -0.15) is 0 Å². The van der Waals surface area contributed by atoms with Gasteiger partial charge in [-0.25, -0.2) is 4.39 Å². The van der Waals surface area contributed by atoms with Crippen LogP contribution < -0.4 is 0 Å². The van der Waals surface area contributed by atoms with Gasteiger partial charge < -0.3 is 14.7 Å². The van der Waals surface area contributed by atoms with Crippen molar-refractivity contribution in [3.63, 3.8) is 0 Å². The minimum absolute atomic E-state index is 0.172. The second-order valence-electron chi connectivity index (χ2n) is 7.24. The molecule has 1 aliphatic heterocycles. The summed E-state index contributed by atoms with van der Waals surface area (Å²) in [5.74, 6) is -0.284. The van der Waals surface area contributed by atoms with Crippen LogP contribution in [0.4, 0.5) is 4.39 Å². The van der Waals surface area contributed by atoms with Crippen molar-refractivity contribution in [3.8, 4) is 0 Å². The highest BCUT2D eigenvalue weighted by molar-refractivity contribution is 6.31. The van der Waals surface area contributed by atoms with Crippen molar-refractivity contribution in [1.82, 2.24) is 4.90 Å². The van der Waals surface area contributed by atoms with Gasteiger partial charge >= 0.3 is 0 Å². The Labute approximate surface area is 181 Å². The SMILES string of the molecule is C=CCOCC(O)CN(Cc1ccccc1Cl)CC1CC(c2ccc(F)cc2)=NO1. The van der Waals surface area contributed by atoms with E-state index in [-0.39, 0.29) is 18.5 Å². The second kappa shape index (κ2) is 11.2. The third kappa shape index (κ3) is 6.64. The molecule has 2 aromatic rings. The molecule has 0 spiro atoms. The number of oxime groups is 1. The van der Waals surface area contributed by atoms with Crippen molar-refractivity contribution in [2.24, 2.45) is 5.16 Å². The molecule has 2 unspecified atom stereocenters. The van der Waals surface area contributed by atoms with Crippen LogP contribution in [-0.2, 0) is 16.1 Å². The first kappa shape index (κ1) is 22.4. The smallest absolute Gasteiger partial charge is 0.145 e. The van der Waals surface area contributed by atoms with E-state index in [1.54, 1.807) is 18.2 Å². The minimum atomic E-state index is -0.661. The number of benzene rings is 2. The van der Waals surface area contributed by atoms with Gasteiger partial charge in [0.25, 0.3) is 0 Å². The molecule has 0 radical (unpaired) electrons. The molecule has 0 fully saturated rings. The van der Waals surface area contributed by atoms with Crippen molar-refractivity contribution < 1.29 is 19.1 Å². The highest BCUT2D eigenvalue weighted by Gasteiger charge is 2.26. The Bertz CT molecular complexity index is 860. The number of rotatable bonds is 11. The molecule has 0 aromatic heterocycles. The average molecular weight is 433 g/mol. The van der Waals surface area contributed by atoms with Crippen molar-refractivity contribution in [2.75, 3.05) is 26.3 Å². The first-order valence-corrected chi connectivity index (χ1v) is 10.2. The summed E-state index contributed by atoms with van der Waals surface area (Å²) in [5, 5.41) is 15.2. The van der Waals surface area contributed by atoms with Gasteiger partial charge in [0.2, 0.25) is 0 Å². The van der Waals surface area contributed by atoms with E-state index in [1.807, 2.05) is 24.3 Å². The molecule has 0 bridgehead atoms. The van der Waals surface area contributed by atoms with Gasteiger partial charge in [0.15, 0.2) is 0 Å². The van der Waals surface area contributed by atoms with Crippen LogP contribution in [0.1, 0.15) is 17.5 Å². The Morgan fingerprint density at radius 1 is 1.30 bits per heavy atom. The highest BCUT2D eigenvalue weighted by atomic mass is 35.5. The molecular formula is C23H26ClFN2O3. The second-order valence-corrected chi connectivity index (χ2v) is 7.65. The average Bonchev–Trinajstić information content (AvgIpc) is 3.19. The molecule has 30 heavy (non-hydrogen) atoms. The van der Waals surface area contributed by atoms with Crippen molar-refractivity contribution in [2.45, 2.75) is 25.2 Å². The molecule has 1 aliphatic rings. The van der Waals surface area contributed by atoms with E-state index in [0.717, 1.165) is 16.8 Å². The molecule has 0 saturated carbocycles. The van der Waals surface area contributed by atoms with Gasteiger partial charge in [-0.3, -0.25) is 4.90 Å². The first-order chi connectivity index (χ1) is 14.5. The van der Waals surface area contributed by atoms with Gasteiger partial charge in [0.1, 0.15) is 11.9 Å². The Morgan fingerprint density at radius 2 is 2.07 bits per heavy atom. The minimum Gasteiger partial charge on any atom is -0.390 e. The largest absolute Gasteiger partial charge is 0.390 e. The van der Waals surface area contributed by atoms with Crippen molar-refractivity contribution >= 4 is 17.3 Å². The van der Waals surface area contributed by atoms with E-state index in [1.165, 1.54) is 12.1 Å². The number of aliphatic hydroxyl groups is 1. The van der Waals surface area contributed by atoms with Gasteiger partial charge in [-0.15, -0.1) is 6.58 Å². The normalized spacial score (nSPS) is 16.9. The van der Waals surface area contributed by atoms with E-state index in [2.05, 4.69) is 16.6 Å². The van der Waals surface area contributed by atoms with Gasteiger partial charge in [-0.05, 0) is 29.3 Å². The number of hydrogen-bond donors (Lipinski definition) is 1. The summed E-state index contributed by atoms with van der Waals surface area (Å²) in [6.07, 6.45) is 1.42. The van der Waals surface area contributed by atoms with E-state index >= 15 is 0 Å². The Kier molecular flexibility index (Phi) is 8.39.